The van der Waals surface area contributed by atoms with Crippen molar-refractivity contribution in [3.63, 3.8) is 0 Å². The summed E-state index contributed by atoms with van der Waals surface area (Å²) in [6.07, 6.45) is 5.76. The Balaban J connectivity index is 1.77. The third-order valence-electron chi connectivity index (χ3n) is 3.43. The van der Waals surface area contributed by atoms with Gasteiger partial charge in [-0.3, -0.25) is 5.10 Å². The predicted octanol–water partition coefficient (Wildman–Crippen LogP) is 2.10. The van der Waals surface area contributed by atoms with E-state index in [1.165, 1.54) is 43.3 Å². The first-order valence-electron chi connectivity index (χ1n) is 6.04. The highest BCUT2D eigenvalue weighted by atomic mass is 15.1. The van der Waals surface area contributed by atoms with Crippen LogP contribution in [0.1, 0.15) is 18.4 Å². The molecule has 0 unspecified atom stereocenters. The highest BCUT2D eigenvalue weighted by Crippen LogP contribution is 2.19. The Labute approximate surface area is 95.2 Å². The van der Waals surface area contributed by atoms with Crippen LogP contribution in [0.2, 0.25) is 0 Å². The van der Waals surface area contributed by atoms with Gasteiger partial charge in [0.1, 0.15) is 0 Å². The van der Waals surface area contributed by atoms with E-state index < -0.39 is 0 Å². The Hall–Kier alpha value is -1.35. The van der Waals surface area contributed by atoms with Crippen LogP contribution < -0.4 is 5.32 Å². The van der Waals surface area contributed by atoms with Gasteiger partial charge in [0.2, 0.25) is 0 Å². The van der Waals surface area contributed by atoms with E-state index in [1.54, 1.807) is 0 Å². The molecule has 0 amide bonds. The zero-order chi connectivity index (χ0) is 10.8. The smallest absolute Gasteiger partial charge is 0.0650 e. The molecule has 3 heteroatoms. The molecule has 1 aliphatic rings. The zero-order valence-corrected chi connectivity index (χ0v) is 9.37. The molecule has 2 N–H and O–H groups in total. The number of piperidine rings is 1. The van der Waals surface area contributed by atoms with Gasteiger partial charge >= 0.3 is 0 Å². The van der Waals surface area contributed by atoms with Crippen molar-refractivity contribution in [3.8, 4) is 0 Å². The van der Waals surface area contributed by atoms with E-state index in [2.05, 4.69) is 33.7 Å². The molecule has 1 saturated heterocycles. The van der Waals surface area contributed by atoms with E-state index in [1.807, 2.05) is 6.20 Å². The average Bonchev–Trinajstić information content (AvgIpc) is 2.77. The van der Waals surface area contributed by atoms with Crippen molar-refractivity contribution < 1.29 is 0 Å². The number of fused-ring (bicyclic) bond motifs is 1. The second-order valence-electron chi connectivity index (χ2n) is 4.71. The average molecular weight is 215 g/mol. The summed E-state index contributed by atoms with van der Waals surface area (Å²) in [5, 5.41) is 11.7. The summed E-state index contributed by atoms with van der Waals surface area (Å²) >= 11 is 0. The molecule has 3 rings (SSSR count). The second-order valence-corrected chi connectivity index (χ2v) is 4.71. The molecule has 0 saturated carbocycles. The number of rotatable bonds is 2. The summed E-state index contributed by atoms with van der Waals surface area (Å²) in [6.45, 7) is 2.36. The first-order chi connectivity index (χ1) is 7.92. The minimum absolute atomic E-state index is 0.804. The van der Waals surface area contributed by atoms with Crippen molar-refractivity contribution in [3.05, 3.63) is 30.0 Å². The van der Waals surface area contributed by atoms with Gasteiger partial charge in [-0.25, -0.2) is 0 Å². The topological polar surface area (TPSA) is 40.7 Å². The molecule has 16 heavy (non-hydrogen) atoms. The SMILES string of the molecule is c1cc2[nH]ncc2cc1C[C@H]1CCCNC1. The lowest BCUT2D eigenvalue weighted by atomic mass is 9.92. The van der Waals surface area contributed by atoms with Gasteiger partial charge in [0.15, 0.2) is 0 Å². The zero-order valence-electron chi connectivity index (χ0n) is 9.37. The molecule has 1 aromatic heterocycles. The lowest BCUT2D eigenvalue weighted by molar-refractivity contribution is 0.376. The van der Waals surface area contributed by atoms with Crippen LogP contribution in [-0.4, -0.2) is 23.3 Å². The molecule has 1 aromatic carbocycles. The van der Waals surface area contributed by atoms with Crippen molar-refractivity contribution in [1.82, 2.24) is 15.5 Å². The van der Waals surface area contributed by atoms with Crippen molar-refractivity contribution in [2.75, 3.05) is 13.1 Å². The molecule has 1 aliphatic heterocycles. The van der Waals surface area contributed by atoms with Crippen LogP contribution in [-0.2, 0) is 6.42 Å². The van der Waals surface area contributed by atoms with Gasteiger partial charge in [0.25, 0.3) is 0 Å². The molecule has 0 spiro atoms. The minimum atomic E-state index is 0.804. The number of benzene rings is 1. The lowest BCUT2D eigenvalue weighted by Gasteiger charge is -2.22. The number of nitrogens with one attached hydrogen (secondary N) is 2. The fourth-order valence-electron chi connectivity index (χ4n) is 2.55. The Morgan fingerprint density at radius 3 is 3.25 bits per heavy atom. The van der Waals surface area contributed by atoms with Crippen LogP contribution in [0.25, 0.3) is 10.9 Å². The molecule has 1 fully saturated rings. The van der Waals surface area contributed by atoms with E-state index in [9.17, 15) is 0 Å². The maximum Gasteiger partial charge on any atom is 0.0650 e. The molecule has 84 valence electrons. The summed E-state index contributed by atoms with van der Waals surface area (Å²) in [4.78, 5) is 0. The molecule has 0 bridgehead atoms. The predicted molar refractivity (Wildman–Crippen MR) is 65.4 cm³/mol. The number of hydrogen-bond acceptors (Lipinski definition) is 2. The lowest BCUT2D eigenvalue weighted by Crippen LogP contribution is -2.30. The third-order valence-corrected chi connectivity index (χ3v) is 3.43. The van der Waals surface area contributed by atoms with Gasteiger partial charge in [-0.15, -0.1) is 0 Å². The molecule has 2 heterocycles. The van der Waals surface area contributed by atoms with Crippen molar-refractivity contribution in [1.29, 1.82) is 0 Å². The quantitative estimate of drug-likeness (QED) is 0.805. The van der Waals surface area contributed by atoms with E-state index in [-0.39, 0.29) is 0 Å². The summed E-state index contributed by atoms with van der Waals surface area (Å²) in [6, 6.07) is 6.61. The number of aromatic nitrogens is 2. The Morgan fingerprint density at radius 1 is 1.38 bits per heavy atom. The van der Waals surface area contributed by atoms with E-state index >= 15 is 0 Å². The summed E-state index contributed by atoms with van der Waals surface area (Å²) in [5.74, 6) is 0.804. The van der Waals surface area contributed by atoms with Gasteiger partial charge in [0, 0.05) is 5.39 Å². The largest absolute Gasteiger partial charge is 0.316 e. The minimum Gasteiger partial charge on any atom is -0.316 e. The standard InChI is InChI=1S/C13H17N3/c1-2-11(8-14-5-1)6-10-3-4-13-12(7-10)9-15-16-13/h3-4,7,9,11,14H,1-2,5-6,8H2,(H,15,16)/t11-/m1/s1. The second kappa shape index (κ2) is 4.26. The van der Waals surface area contributed by atoms with Gasteiger partial charge in [-0.2, -0.15) is 5.10 Å². The van der Waals surface area contributed by atoms with Gasteiger partial charge in [-0.1, -0.05) is 6.07 Å². The number of hydrogen-bond donors (Lipinski definition) is 2. The van der Waals surface area contributed by atoms with Crippen LogP contribution in [0.4, 0.5) is 0 Å². The molecule has 0 aliphatic carbocycles. The molecular weight excluding hydrogens is 198 g/mol. The number of nitrogens with zero attached hydrogens (tertiary/aromatic N) is 1. The molecule has 1 atom stereocenters. The van der Waals surface area contributed by atoms with Crippen LogP contribution in [0.3, 0.4) is 0 Å². The maximum absolute atomic E-state index is 4.05. The van der Waals surface area contributed by atoms with Gasteiger partial charge in [0.05, 0.1) is 11.7 Å². The van der Waals surface area contributed by atoms with E-state index in [0.717, 1.165) is 11.4 Å². The number of aromatic amines is 1. The van der Waals surface area contributed by atoms with E-state index in [4.69, 9.17) is 0 Å². The highest BCUT2D eigenvalue weighted by Gasteiger charge is 2.13. The van der Waals surface area contributed by atoms with Crippen molar-refractivity contribution >= 4 is 10.9 Å². The summed E-state index contributed by atoms with van der Waals surface area (Å²) in [5.41, 5.74) is 2.56. The monoisotopic (exact) mass is 215 g/mol. The molecular formula is C13H17N3. The Kier molecular flexibility index (Phi) is 2.62. The number of H-pyrrole nitrogens is 1. The Morgan fingerprint density at radius 2 is 2.38 bits per heavy atom. The van der Waals surface area contributed by atoms with Crippen molar-refractivity contribution in [2.24, 2.45) is 5.92 Å². The fourth-order valence-corrected chi connectivity index (χ4v) is 2.55. The molecule has 2 aromatic rings. The highest BCUT2D eigenvalue weighted by molar-refractivity contribution is 5.78. The molecule has 0 radical (unpaired) electrons. The Bertz CT molecular complexity index is 469. The van der Waals surface area contributed by atoms with Crippen molar-refractivity contribution in [2.45, 2.75) is 19.3 Å². The van der Waals surface area contributed by atoms with Crippen LogP contribution in [0, 0.1) is 5.92 Å². The normalized spacial score (nSPS) is 21.4. The molecule has 3 nitrogen and oxygen atoms in total. The fraction of sp³-hybridized carbons (Fsp3) is 0.462. The third kappa shape index (κ3) is 1.95. The van der Waals surface area contributed by atoms with Crippen LogP contribution in [0.5, 0.6) is 0 Å². The van der Waals surface area contributed by atoms with E-state index in [0.29, 0.717) is 0 Å². The summed E-state index contributed by atoms with van der Waals surface area (Å²) in [7, 11) is 0. The van der Waals surface area contributed by atoms with Crippen LogP contribution in [0.15, 0.2) is 24.4 Å². The maximum atomic E-state index is 4.05. The van der Waals surface area contributed by atoms with Gasteiger partial charge < -0.3 is 5.32 Å². The first kappa shape index (κ1) is 9.85. The van der Waals surface area contributed by atoms with Gasteiger partial charge in [-0.05, 0) is 56.0 Å². The van der Waals surface area contributed by atoms with Crippen LogP contribution >= 0.6 is 0 Å². The first-order valence-corrected chi connectivity index (χ1v) is 6.04. The summed E-state index contributed by atoms with van der Waals surface area (Å²) < 4.78 is 0.